The Hall–Kier alpha value is -1.61. The summed E-state index contributed by atoms with van der Waals surface area (Å²) in [7, 11) is 0. The molecule has 9 heteroatoms. The Morgan fingerprint density at radius 1 is 1.10 bits per heavy atom. The highest BCUT2D eigenvalue weighted by Crippen LogP contribution is 2.27. The van der Waals surface area contributed by atoms with Gasteiger partial charge in [0.15, 0.2) is 6.61 Å². The lowest BCUT2D eigenvalue weighted by Gasteiger charge is -2.09. The number of aliphatic carboxylic acids is 1. The molecule has 0 radical (unpaired) electrons. The lowest BCUT2D eigenvalue weighted by molar-refractivity contribution is -0.137. The molecule has 0 atom stereocenters. The Morgan fingerprint density at radius 3 is 2.38 bits per heavy atom. The summed E-state index contributed by atoms with van der Waals surface area (Å²) in [6, 6.07) is 5.21. The molecule has 0 aromatic heterocycles. The summed E-state index contributed by atoms with van der Waals surface area (Å²) >= 11 is 6.58. The second kappa shape index (κ2) is 8.63. The lowest BCUT2D eigenvalue weighted by Crippen LogP contribution is -2.40. The van der Waals surface area contributed by atoms with Crippen molar-refractivity contribution >= 4 is 49.6 Å². The molecule has 0 saturated carbocycles. The molecule has 0 fully saturated rings. The molecule has 0 unspecified atom stereocenters. The van der Waals surface area contributed by atoms with Crippen LogP contribution < -0.4 is 15.4 Å². The van der Waals surface area contributed by atoms with Crippen molar-refractivity contribution in [3.05, 3.63) is 27.1 Å². The topological polar surface area (TPSA) is 105 Å². The highest BCUT2D eigenvalue weighted by molar-refractivity contribution is 9.11. The molecule has 0 aliphatic rings. The van der Waals surface area contributed by atoms with Gasteiger partial charge in [-0.2, -0.15) is 0 Å². The highest BCUT2D eigenvalue weighted by atomic mass is 79.9. The van der Waals surface area contributed by atoms with E-state index in [4.69, 9.17) is 9.84 Å². The van der Waals surface area contributed by atoms with Crippen LogP contribution >= 0.6 is 31.9 Å². The van der Waals surface area contributed by atoms with E-state index >= 15 is 0 Å². The van der Waals surface area contributed by atoms with Gasteiger partial charge in [-0.1, -0.05) is 15.9 Å². The van der Waals surface area contributed by atoms with Gasteiger partial charge in [-0.05, 0) is 34.1 Å². The van der Waals surface area contributed by atoms with E-state index in [1.807, 2.05) is 0 Å². The van der Waals surface area contributed by atoms with Crippen LogP contribution in [0.5, 0.6) is 5.75 Å². The molecule has 0 bridgehead atoms. The molecule has 1 aromatic rings. The van der Waals surface area contributed by atoms with Crippen molar-refractivity contribution in [2.75, 3.05) is 19.7 Å². The van der Waals surface area contributed by atoms with Crippen LogP contribution in [0.3, 0.4) is 0 Å². The lowest BCUT2D eigenvalue weighted by atomic mass is 10.3. The smallest absolute Gasteiger partial charge is 0.322 e. The SMILES string of the molecule is O=C(O)CNC(=O)CNC(=O)COc1ccc(Br)cc1Br. The highest BCUT2D eigenvalue weighted by Gasteiger charge is 2.08. The molecule has 2 amide bonds. The van der Waals surface area contributed by atoms with E-state index < -0.39 is 24.3 Å². The molecular formula is C12H12Br2N2O5. The zero-order chi connectivity index (χ0) is 15.8. The number of nitrogens with one attached hydrogen (secondary N) is 2. The zero-order valence-corrected chi connectivity index (χ0v) is 13.9. The minimum absolute atomic E-state index is 0.257. The largest absolute Gasteiger partial charge is 0.483 e. The fraction of sp³-hybridized carbons (Fsp3) is 0.250. The maximum Gasteiger partial charge on any atom is 0.322 e. The average molecular weight is 424 g/mol. The Labute approximate surface area is 137 Å². The Kier molecular flexibility index (Phi) is 7.17. The third-order valence-electron chi connectivity index (χ3n) is 2.14. The molecule has 1 rings (SSSR count). The number of hydrogen-bond acceptors (Lipinski definition) is 4. The van der Waals surface area contributed by atoms with Crippen LogP contribution in [0, 0.1) is 0 Å². The number of carboxylic acid groups (broad SMARTS) is 1. The number of hydrogen-bond donors (Lipinski definition) is 3. The quantitative estimate of drug-likeness (QED) is 0.604. The van der Waals surface area contributed by atoms with Crippen molar-refractivity contribution in [2.45, 2.75) is 0 Å². The van der Waals surface area contributed by atoms with Crippen LogP contribution in [0.15, 0.2) is 27.1 Å². The maximum atomic E-state index is 11.5. The predicted octanol–water partition coefficient (Wildman–Crippen LogP) is 0.907. The van der Waals surface area contributed by atoms with Gasteiger partial charge in [0.25, 0.3) is 5.91 Å². The van der Waals surface area contributed by atoms with Gasteiger partial charge in [0.1, 0.15) is 12.3 Å². The number of carbonyl (C=O) groups is 3. The van der Waals surface area contributed by atoms with Gasteiger partial charge in [-0.15, -0.1) is 0 Å². The number of carbonyl (C=O) groups excluding carboxylic acids is 2. The molecule has 0 spiro atoms. The van der Waals surface area contributed by atoms with E-state index in [1.54, 1.807) is 18.2 Å². The third-order valence-corrected chi connectivity index (χ3v) is 3.25. The Bertz CT molecular complexity index is 550. The van der Waals surface area contributed by atoms with E-state index in [1.165, 1.54) is 0 Å². The van der Waals surface area contributed by atoms with Gasteiger partial charge in [0, 0.05) is 4.47 Å². The maximum absolute atomic E-state index is 11.5. The number of amides is 2. The Morgan fingerprint density at radius 2 is 1.76 bits per heavy atom. The minimum atomic E-state index is -1.15. The third kappa shape index (κ3) is 7.09. The summed E-state index contributed by atoms with van der Waals surface area (Å²) in [5, 5.41) is 12.8. The molecule has 114 valence electrons. The molecule has 0 saturated heterocycles. The van der Waals surface area contributed by atoms with Crippen molar-refractivity contribution < 1.29 is 24.2 Å². The van der Waals surface area contributed by atoms with E-state index in [0.717, 1.165) is 4.47 Å². The summed E-state index contributed by atoms with van der Waals surface area (Å²) in [6.07, 6.45) is 0. The van der Waals surface area contributed by atoms with E-state index in [2.05, 4.69) is 42.5 Å². The van der Waals surface area contributed by atoms with Gasteiger partial charge in [-0.25, -0.2) is 0 Å². The van der Waals surface area contributed by atoms with E-state index in [0.29, 0.717) is 10.2 Å². The summed E-state index contributed by atoms with van der Waals surface area (Å²) in [6.45, 7) is -1.06. The first-order valence-corrected chi connectivity index (χ1v) is 7.30. The molecule has 1 aromatic carbocycles. The molecule has 0 aliphatic carbocycles. The first kappa shape index (κ1) is 17.4. The van der Waals surface area contributed by atoms with Gasteiger partial charge in [0.05, 0.1) is 11.0 Å². The molecule has 3 N–H and O–H groups in total. The molecular weight excluding hydrogens is 412 g/mol. The number of ether oxygens (including phenoxy) is 1. The van der Waals surface area contributed by atoms with Crippen molar-refractivity contribution in [1.29, 1.82) is 0 Å². The second-order valence-electron chi connectivity index (χ2n) is 3.81. The van der Waals surface area contributed by atoms with E-state index in [-0.39, 0.29) is 13.2 Å². The summed E-state index contributed by atoms with van der Waals surface area (Å²) < 4.78 is 6.82. The Balaban J connectivity index is 2.31. The van der Waals surface area contributed by atoms with Crippen LogP contribution in [0.4, 0.5) is 0 Å². The number of halogens is 2. The van der Waals surface area contributed by atoms with Crippen molar-refractivity contribution in [1.82, 2.24) is 10.6 Å². The summed E-state index contributed by atoms with van der Waals surface area (Å²) in [4.78, 5) is 32.9. The summed E-state index contributed by atoms with van der Waals surface area (Å²) in [5.74, 6) is -1.74. The average Bonchev–Trinajstić information content (AvgIpc) is 2.41. The molecule has 0 aliphatic heterocycles. The first-order valence-electron chi connectivity index (χ1n) is 5.71. The fourth-order valence-corrected chi connectivity index (χ4v) is 2.36. The van der Waals surface area contributed by atoms with Crippen LogP contribution in [0.1, 0.15) is 0 Å². The van der Waals surface area contributed by atoms with E-state index in [9.17, 15) is 14.4 Å². The van der Waals surface area contributed by atoms with Gasteiger partial charge in [-0.3, -0.25) is 14.4 Å². The number of rotatable bonds is 7. The number of benzene rings is 1. The second-order valence-corrected chi connectivity index (χ2v) is 5.58. The van der Waals surface area contributed by atoms with Gasteiger partial charge >= 0.3 is 5.97 Å². The summed E-state index contributed by atoms with van der Waals surface area (Å²) in [5.41, 5.74) is 0. The standard InChI is InChI=1S/C12H12Br2N2O5/c13-7-1-2-9(8(14)3-7)21-6-11(18)15-4-10(17)16-5-12(19)20/h1-3H,4-6H2,(H,15,18)(H,16,17)(H,19,20). The van der Waals surface area contributed by atoms with Gasteiger partial charge in [0.2, 0.25) is 5.91 Å². The van der Waals surface area contributed by atoms with Crippen LogP contribution in [-0.2, 0) is 14.4 Å². The van der Waals surface area contributed by atoms with Crippen molar-refractivity contribution in [3.8, 4) is 5.75 Å². The first-order chi connectivity index (χ1) is 9.88. The van der Waals surface area contributed by atoms with Crippen molar-refractivity contribution in [3.63, 3.8) is 0 Å². The van der Waals surface area contributed by atoms with Crippen LogP contribution in [0.2, 0.25) is 0 Å². The molecule has 0 heterocycles. The monoisotopic (exact) mass is 422 g/mol. The zero-order valence-electron chi connectivity index (χ0n) is 10.7. The number of carboxylic acids is 1. The minimum Gasteiger partial charge on any atom is -0.483 e. The van der Waals surface area contributed by atoms with Crippen LogP contribution in [-0.4, -0.2) is 42.6 Å². The fourth-order valence-electron chi connectivity index (χ4n) is 1.20. The normalized spacial score (nSPS) is 9.81. The van der Waals surface area contributed by atoms with Crippen molar-refractivity contribution in [2.24, 2.45) is 0 Å². The van der Waals surface area contributed by atoms with Gasteiger partial charge < -0.3 is 20.5 Å². The molecule has 7 nitrogen and oxygen atoms in total. The van der Waals surface area contributed by atoms with Crippen LogP contribution in [0.25, 0.3) is 0 Å². The molecule has 21 heavy (non-hydrogen) atoms. The predicted molar refractivity (Wildman–Crippen MR) is 81.0 cm³/mol.